The molecule has 3 rings (SSSR count). The number of morpholine rings is 1. The second-order valence-corrected chi connectivity index (χ2v) is 7.85. The molecule has 0 radical (unpaired) electrons. The van der Waals surface area contributed by atoms with E-state index in [1.54, 1.807) is 6.26 Å². The minimum absolute atomic E-state index is 0.0848. The molecule has 2 aromatic heterocycles. The van der Waals surface area contributed by atoms with Crippen LogP contribution in [0, 0.1) is 0 Å². The van der Waals surface area contributed by atoms with Crippen LogP contribution in [0.3, 0.4) is 0 Å². The SMILES string of the molecule is CC1CN(C(=O)CSc2nnc(NCc3ccco3)s2)CC(C)O1. The summed E-state index contributed by atoms with van der Waals surface area (Å²) in [6.45, 7) is 5.84. The summed E-state index contributed by atoms with van der Waals surface area (Å²) in [7, 11) is 0. The lowest BCUT2D eigenvalue weighted by molar-refractivity contribution is -0.140. The third-order valence-corrected chi connectivity index (χ3v) is 5.49. The van der Waals surface area contributed by atoms with Crippen LogP contribution in [0.15, 0.2) is 27.2 Å². The quantitative estimate of drug-likeness (QED) is 0.785. The highest BCUT2D eigenvalue weighted by Crippen LogP contribution is 2.26. The molecule has 1 aliphatic heterocycles. The predicted octanol–water partition coefficient (Wildman–Crippen LogP) is 2.47. The van der Waals surface area contributed by atoms with Gasteiger partial charge in [0.15, 0.2) is 4.34 Å². The van der Waals surface area contributed by atoms with Crippen LogP contribution in [0.4, 0.5) is 5.13 Å². The fourth-order valence-electron chi connectivity index (χ4n) is 2.51. The van der Waals surface area contributed by atoms with Crippen LogP contribution >= 0.6 is 23.1 Å². The van der Waals surface area contributed by atoms with E-state index in [0.29, 0.717) is 25.4 Å². The molecule has 1 amide bonds. The average Bonchev–Trinajstić information content (AvgIpc) is 3.21. The number of hydrogen-bond acceptors (Lipinski definition) is 8. The number of rotatable bonds is 6. The molecule has 2 aromatic rings. The van der Waals surface area contributed by atoms with Gasteiger partial charge in [-0.3, -0.25) is 4.79 Å². The molecule has 130 valence electrons. The van der Waals surface area contributed by atoms with Gasteiger partial charge in [-0.25, -0.2) is 0 Å². The van der Waals surface area contributed by atoms with Crippen molar-refractivity contribution >= 4 is 34.1 Å². The number of nitrogens with zero attached hydrogens (tertiary/aromatic N) is 3. The van der Waals surface area contributed by atoms with Crippen LogP contribution < -0.4 is 5.32 Å². The lowest BCUT2D eigenvalue weighted by atomic mass is 10.2. The maximum atomic E-state index is 12.3. The van der Waals surface area contributed by atoms with Crippen LogP contribution in [0.25, 0.3) is 0 Å². The van der Waals surface area contributed by atoms with E-state index in [2.05, 4.69) is 15.5 Å². The summed E-state index contributed by atoms with van der Waals surface area (Å²) in [5, 5.41) is 12.1. The van der Waals surface area contributed by atoms with Crippen molar-refractivity contribution in [2.45, 2.75) is 36.9 Å². The van der Waals surface area contributed by atoms with Crippen LogP contribution in [0.1, 0.15) is 19.6 Å². The number of anilines is 1. The van der Waals surface area contributed by atoms with Crippen molar-refractivity contribution in [3.8, 4) is 0 Å². The number of thioether (sulfide) groups is 1. The Morgan fingerprint density at radius 3 is 2.92 bits per heavy atom. The smallest absolute Gasteiger partial charge is 0.233 e. The largest absolute Gasteiger partial charge is 0.467 e. The van der Waals surface area contributed by atoms with Crippen LogP contribution in [-0.4, -0.2) is 52.1 Å². The molecule has 7 nitrogen and oxygen atoms in total. The van der Waals surface area contributed by atoms with Crippen LogP contribution in [-0.2, 0) is 16.1 Å². The maximum absolute atomic E-state index is 12.3. The summed E-state index contributed by atoms with van der Waals surface area (Å²) in [6, 6.07) is 3.74. The van der Waals surface area contributed by atoms with Crippen molar-refractivity contribution < 1.29 is 13.9 Å². The lowest BCUT2D eigenvalue weighted by Gasteiger charge is -2.35. The molecule has 0 saturated carbocycles. The third kappa shape index (κ3) is 4.71. The number of amides is 1. The summed E-state index contributed by atoms with van der Waals surface area (Å²) in [4.78, 5) is 14.2. The van der Waals surface area contributed by atoms with Gasteiger partial charge in [-0.2, -0.15) is 0 Å². The zero-order valence-corrected chi connectivity index (χ0v) is 15.2. The van der Waals surface area contributed by atoms with E-state index in [1.165, 1.54) is 23.1 Å². The topological polar surface area (TPSA) is 80.5 Å². The Labute approximate surface area is 148 Å². The van der Waals surface area contributed by atoms with Crippen LogP contribution in [0.2, 0.25) is 0 Å². The van der Waals surface area contributed by atoms with Crippen molar-refractivity contribution in [2.75, 3.05) is 24.2 Å². The molecule has 1 saturated heterocycles. The molecule has 0 aromatic carbocycles. The fourth-order valence-corrected chi connectivity index (χ4v) is 4.16. The predicted molar refractivity (Wildman–Crippen MR) is 93.3 cm³/mol. The number of nitrogens with one attached hydrogen (secondary N) is 1. The van der Waals surface area contributed by atoms with Gasteiger partial charge in [0.25, 0.3) is 0 Å². The zero-order valence-electron chi connectivity index (χ0n) is 13.6. The van der Waals surface area contributed by atoms with E-state index in [1.807, 2.05) is 30.9 Å². The van der Waals surface area contributed by atoms with E-state index >= 15 is 0 Å². The number of furan rings is 1. The minimum atomic E-state index is 0.0848. The molecular weight excluding hydrogens is 348 g/mol. The molecule has 3 heterocycles. The van der Waals surface area contributed by atoms with E-state index < -0.39 is 0 Å². The molecule has 1 aliphatic rings. The molecule has 2 unspecified atom stereocenters. The number of carbonyl (C=O) groups is 1. The van der Waals surface area contributed by atoms with Gasteiger partial charge < -0.3 is 19.4 Å². The number of carbonyl (C=O) groups excluding carboxylic acids is 1. The third-order valence-electron chi connectivity index (χ3n) is 3.49. The first-order valence-corrected chi connectivity index (χ1v) is 9.56. The Hall–Kier alpha value is -1.58. The fraction of sp³-hybridized carbons (Fsp3) is 0.533. The lowest BCUT2D eigenvalue weighted by Crippen LogP contribution is -2.48. The Morgan fingerprint density at radius 2 is 2.21 bits per heavy atom. The Bertz CT molecular complexity index is 651. The normalized spacial score (nSPS) is 21.0. The second kappa shape index (κ2) is 8.00. The standard InChI is InChI=1S/C15H20N4O3S2/c1-10-7-19(8-11(2)22-10)13(20)9-23-15-18-17-14(24-15)16-6-12-4-3-5-21-12/h3-5,10-11H,6-9H2,1-2H3,(H,16,17). The molecule has 2 atom stereocenters. The Kier molecular flexibility index (Phi) is 5.75. The van der Waals surface area contributed by atoms with Gasteiger partial charge >= 0.3 is 0 Å². The second-order valence-electron chi connectivity index (χ2n) is 5.65. The molecular formula is C15H20N4O3S2. The maximum Gasteiger partial charge on any atom is 0.233 e. The molecule has 1 N–H and O–H groups in total. The number of hydrogen-bond donors (Lipinski definition) is 1. The molecule has 1 fully saturated rings. The molecule has 24 heavy (non-hydrogen) atoms. The van der Waals surface area contributed by atoms with E-state index in [9.17, 15) is 4.79 Å². The van der Waals surface area contributed by atoms with Crippen molar-refractivity contribution in [3.63, 3.8) is 0 Å². The van der Waals surface area contributed by atoms with E-state index in [0.717, 1.165) is 15.2 Å². The summed E-state index contributed by atoms with van der Waals surface area (Å²) in [6.07, 6.45) is 1.81. The summed E-state index contributed by atoms with van der Waals surface area (Å²) >= 11 is 2.86. The molecule has 9 heteroatoms. The van der Waals surface area contributed by atoms with Gasteiger partial charge in [-0.05, 0) is 26.0 Å². The van der Waals surface area contributed by atoms with Crippen molar-refractivity contribution in [1.29, 1.82) is 0 Å². The van der Waals surface area contributed by atoms with Crippen molar-refractivity contribution in [1.82, 2.24) is 15.1 Å². The van der Waals surface area contributed by atoms with Gasteiger partial charge in [0.1, 0.15) is 5.76 Å². The summed E-state index contributed by atoms with van der Waals surface area (Å²) in [5.74, 6) is 1.32. The monoisotopic (exact) mass is 368 g/mol. The molecule has 0 aliphatic carbocycles. The first-order valence-electron chi connectivity index (χ1n) is 7.76. The Balaban J connectivity index is 1.45. The van der Waals surface area contributed by atoms with Crippen molar-refractivity contribution in [3.05, 3.63) is 24.2 Å². The highest BCUT2D eigenvalue weighted by Gasteiger charge is 2.25. The number of aromatic nitrogens is 2. The first-order chi connectivity index (χ1) is 11.6. The highest BCUT2D eigenvalue weighted by atomic mass is 32.2. The van der Waals surface area contributed by atoms with Gasteiger partial charge in [-0.1, -0.05) is 23.1 Å². The molecule has 0 bridgehead atoms. The van der Waals surface area contributed by atoms with E-state index in [4.69, 9.17) is 9.15 Å². The van der Waals surface area contributed by atoms with Gasteiger partial charge in [0.2, 0.25) is 11.0 Å². The minimum Gasteiger partial charge on any atom is -0.467 e. The van der Waals surface area contributed by atoms with Gasteiger partial charge in [0.05, 0.1) is 30.8 Å². The first kappa shape index (κ1) is 17.2. The van der Waals surface area contributed by atoms with Gasteiger partial charge in [-0.15, -0.1) is 10.2 Å². The molecule has 0 spiro atoms. The zero-order chi connectivity index (χ0) is 16.9. The number of ether oxygens (including phenoxy) is 1. The van der Waals surface area contributed by atoms with E-state index in [-0.39, 0.29) is 18.1 Å². The summed E-state index contributed by atoms with van der Waals surface area (Å²) in [5.41, 5.74) is 0. The van der Waals surface area contributed by atoms with Crippen molar-refractivity contribution in [2.24, 2.45) is 0 Å². The van der Waals surface area contributed by atoms with Crippen LogP contribution in [0.5, 0.6) is 0 Å². The highest BCUT2D eigenvalue weighted by molar-refractivity contribution is 8.01. The average molecular weight is 368 g/mol. The summed E-state index contributed by atoms with van der Waals surface area (Å²) < 4.78 is 11.7. The van der Waals surface area contributed by atoms with Gasteiger partial charge in [0, 0.05) is 13.1 Å². The Morgan fingerprint density at radius 1 is 1.42 bits per heavy atom.